The highest BCUT2D eigenvalue weighted by atomic mass is 16.5. The summed E-state index contributed by atoms with van der Waals surface area (Å²) in [6.45, 7) is -0.427. The van der Waals surface area contributed by atoms with Gasteiger partial charge in [-0.25, -0.2) is 4.79 Å². The molecule has 0 aromatic heterocycles. The molecule has 30 heavy (non-hydrogen) atoms. The zero-order valence-electron chi connectivity index (χ0n) is 16.2. The van der Waals surface area contributed by atoms with Crippen LogP contribution in [0.15, 0.2) is 72.8 Å². The predicted octanol–water partition coefficient (Wildman–Crippen LogP) is 3.93. The fourth-order valence-corrected chi connectivity index (χ4v) is 3.41. The predicted molar refractivity (Wildman–Crippen MR) is 112 cm³/mol. The Morgan fingerprint density at radius 2 is 1.80 bits per heavy atom. The maximum absolute atomic E-state index is 13.4. The fourth-order valence-electron chi connectivity index (χ4n) is 3.41. The summed E-state index contributed by atoms with van der Waals surface area (Å²) in [6, 6.07) is 21.7. The molecule has 2 N–H and O–H groups in total. The third-order valence-electron chi connectivity index (χ3n) is 4.81. The van der Waals surface area contributed by atoms with E-state index < -0.39 is 18.7 Å². The molecular weight excluding hydrogens is 384 g/mol. The molecule has 4 rings (SSSR count). The lowest BCUT2D eigenvalue weighted by molar-refractivity contribution is -0.139. The molecule has 0 saturated heterocycles. The van der Waals surface area contributed by atoms with E-state index in [1.165, 1.54) is 0 Å². The Morgan fingerprint density at radius 3 is 2.53 bits per heavy atom. The third kappa shape index (κ3) is 3.77. The van der Waals surface area contributed by atoms with Crippen molar-refractivity contribution in [2.45, 2.75) is 6.17 Å². The number of aliphatic carboxylic acids is 1. The molecule has 0 fully saturated rings. The summed E-state index contributed by atoms with van der Waals surface area (Å²) in [4.78, 5) is 25.8. The van der Waals surface area contributed by atoms with E-state index in [9.17, 15) is 9.59 Å². The zero-order chi connectivity index (χ0) is 21.1. The van der Waals surface area contributed by atoms with Crippen molar-refractivity contribution in [1.82, 2.24) is 0 Å². The van der Waals surface area contributed by atoms with E-state index in [4.69, 9.17) is 14.6 Å². The van der Waals surface area contributed by atoms with Crippen LogP contribution in [0.1, 0.15) is 22.1 Å². The first-order valence-electron chi connectivity index (χ1n) is 9.34. The van der Waals surface area contributed by atoms with Gasteiger partial charge in [0.1, 0.15) is 17.7 Å². The van der Waals surface area contributed by atoms with Gasteiger partial charge in [0.05, 0.1) is 12.7 Å². The lowest BCUT2D eigenvalue weighted by Gasteiger charge is -2.38. The van der Waals surface area contributed by atoms with E-state index in [-0.39, 0.29) is 5.91 Å². The fraction of sp³-hybridized carbons (Fsp3) is 0.130. The van der Waals surface area contributed by atoms with Crippen LogP contribution >= 0.6 is 0 Å². The Hall–Kier alpha value is -4.00. The summed E-state index contributed by atoms with van der Waals surface area (Å²) in [5.74, 6) is -0.0876. The number of benzene rings is 3. The highest BCUT2D eigenvalue weighted by Gasteiger charge is 2.34. The quantitative estimate of drug-likeness (QED) is 0.647. The number of rotatable bonds is 6. The number of amides is 1. The zero-order valence-corrected chi connectivity index (χ0v) is 16.2. The van der Waals surface area contributed by atoms with Crippen LogP contribution in [0.4, 0.5) is 11.4 Å². The maximum Gasteiger partial charge on any atom is 0.341 e. The molecule has 1 aliphatic rings. The first kappa shape index (κ1) is 19.3. The number of carboxylic acids is 1. The monoisotopic (exact) mass is 404 g/mol. The number of hydrogen-bond donors (Lipinski definition) is 2. The summed E-state index contributed by atoms with van der Waals surface area (Å²) in [5.41, 5.74) is 2.84. The largest absolute Gasteiger partial charge is 0.497 e. The number of carbonyl (C=O) groups excluding carboxylic acids is 1. The normalized spacial score (nSPS) is 15.2. The Balaban J connectivity index is 1.73. The molecule has 0 radical (unpaired) electrons. The number of hydrogen-bond acceptors (Lipinski definition) is 5. The summed E-state index contributed by atoms with van der Waals surface area (Å²) >= 11 is 0. The molecule has 0 bridgehead atoms. The molecule has 0 aliphatic carbocycles. The van der Waals surface area contributed by atoms with Crippen molar-refractivity contribution in [3.63, 3.8) is 0 Å². The maximum atomic E-state index is 13.4. The van der Waals surface area contributed by atoms with Gasteiger partial charge < -0.3 is 19.9 Å². The standard InChI is InChI=1S/C23H20N2O5/c1-29-18-6-4-5-15(13-18)22-24-20-8-3-2-7-19(20)23(28)25(22)16-9-11-17(12-10-16)30-14-21(26)27/h2-13,22,24H,14H2,1H3,(H,26,27)/t22-/m0/s1. The second kappa shape index (κ2) is 8.16. The number of para-hydroxylation sites is 1. The van der Waals surface area contributed by atoms with Gasteiger partial charge in [-0.05, 0) is 54.1 Å². The van der Waals surface area contributed by atoms with E-state index in [0.29, 0.717) is 22.7 Å². The van der Waals surface area contributed by atoms with E-state index in [1.54, 1.807) is 42.3 Å². The number of fused-ring (bicyclic) bond motifs is 1. The van der Waals surface area contributed by atoms with Gasteiger partial charge in [-0.3, -0.25) is 9.69 Å². The molecule has 1 heterocycles. The van der Waals surface area contributed by atoms with Gasteiger partial charge in [0, 0.05) is 11.4 Å². The van der Waals surface area contributed by atoms with Crippen LogP contribution in [0.3, 0.4) is 0 Å². The van der Waals surface area contributed by atoms with E-state index in [2.05, 4.69) is 5.32 Å². The highest BCUT2D eigenvalue weighted by Crippen LogP contribution is 2.37. The van der Waals surface area contributed by atoms with Crippen LogP contribution in [-0.4, -0.2) is 30.7 Å². The molecule has 1 aliphatic heterocycles. The van der Waals surface area contributed by atoms with Gasteiger partial charge in [0.2, 0.25) is 0 Å². The van der Waals surface area contributed by atoms with E-state index in [0.717, 1.165) is 11.3 Å². The minimum Gasteiger partial charge on any atom is -0.497 e. The number of nitrogens with zero attached hydrogens (tertiary/aromatic N) is 1. The SMILES string of the molecule is COc1cccc([C@H]2Nc3ccccc3C(=O)N2c2ccc(OCC(=O)O)cc2)c1. The van der Waals surface area contributed by atoms with Crippen LogP contribution in [0, 0.1) is 0 Å². The average Bonchev–Trinajstić information content (AvgIpc) is 2.78. The molecule has 3 aromatic carbocycles. The van der Waals surface area contributed by atoms with Crippen molar-refractivity contribution >= 4 is 23.3 Å². The molecule has 1 amide bonds. The van der Waals surface area contributed by atoms with Gasteiger partial charge in [-0.15, -0.1) is 0 Å². The first-order chi connectivity index (χ1) is 14.6. The van der Waals surface area contributed by atoms with Gasteiger partial charge >= 0.3 is 5.97 Å². The number of carbonyl (C=O) groups is 2. The Labute approximate surface area is 173 Å². The summed E-state index contributed by atoms with van der Waals surface area (Å²) in [5, 5.41) is 12.2. The van der Waals surface area contributed by atoms with Crippen LogP contribution in [-0.2, 0) is 4.79 Å². The summed E-state index contributed by atoms with van der Waals surface area (Å²) < 4.78 is 10.5. The highest BCUT2D eigenvalue weighted by molar-refractivity contribution is 6.12. The lowest BCUT2D eigenvalue weighted by Crippen LogP contribution is -2.43. The van der Waals surface area contributed by atoms with Crippen LogP contribution in [0.5, 0.6) is 11.5 Å². The minimum atomic E-state index is -1.05. The van der Waals surface area contributed by atoms with Crippen molar-refractivity contribution in [3.05, 3.63) is 83.9 Å². The van der Waals surface area contributed by atoms with Gasteiger partial charge in [-0.1, -0.05) is 24.3 Å². The first-order valence-corrected chi connectivity index (χ1v) is 9.34. The molecule has 0 spiro atoms. The van der Waals surface area contributed by atoms with Gasteiger partial charge in [-0.2, -0.15) is 0 Å². The number of anilines is 2. The Morgan fingerprint density at radius 1 is 1.03 bits per heavy atom. The second-order valence-corrected chi connectivity index (χ2v) is 6.72. The Bertz CT molecular complexity index is 1080. The third-order valence-corrected chi connectivity index (χ3v) is 4.81. The number of nitrogens with one attached hydrogen (secondary N) is 1. The van der Waals surface area contributed by atoms with Crippen LogP contribution in [0.2, 0.25) is 0 Å². The van der Waals surface area contributed by atoms with Crippen LogP contribution < -0.4 is 19.7 Å². The van der Waals surface area contributed by atoms with Crippen molar-refractivity contribution in [3.8, 4) is 11.5 Å². The molecule has 0 saturated carbocycles. The lowest BCUT2D eigenvalue weighted by atomic mass is 10.0. The second-order valence-electron chi connectivity index (χ2n) is 6.72. The Kier molecular flexibility index (Phi) is 5.26. The molecule has 7 nitrogen and oxygen atoms in total. The van der Waals surface area contributed by atoms with Crippen molar-refractivity contribution < 1.29 is 24.2 Å². The van der Waals surface area contributed by atoms with Crippen molar-refractivity contribution in [2.24, 2.45) is 0 Å². The smallest absolute Gasteiger partial charge is 0.341 e. The number of carboxylic acid groups (broad SMARTS) is 1. The molecule has 1 atom stereocenters. The average molecular weight is 404 g/mol. The molecule has 152 valence electrons. The molecule has 3 aromatic rings. The van der Waals surface area contributed by atoms with Gasteiger partial charge in [0.15, 0.2) is 6.61 Å². The minimum absolute atomic E-state index is 0.142. The topological polar surface area (TPSA) is 88.1 Å². The van der Waals surface area contributed by atoms with Crippen molar-refractivity contribution in [2.75, 3.05) is 23.9 Å². The van der Waals surface area contributed by atoms with E-state index in [1.807, 2.05) is 42.5 Å². The van der Waals surface area contributed by atoms with Gasteiger partial charge in [0.25, 0.3) is 5.91 Å². The molecular formula is C23H20N2O5. The van der Waals surface area contributed by atoms with E-state index >= 15 is 0 Å². The summed E-state index contributed by atoms with van der Waals surface area (Å²) in [7, 11) is 1.60. The molecule has 0 unspecified atom stereocenters. The van der Waals surface area contributed by atoms with Crippen molar-refractivity contribution in [1.29, 1.82) is 0 Å². The summed E-state index contributed by atoms with van der Waals surface area (Å²) in [6.07, 6.45) is -0.451. The number of ether oxygens (including phenoxy) is 2. The molecule has 7 heteroatoms. The van der Waals surface area contributed by atoms with Crippen LogP contribution in [0.25, 0.3) is 0 Å². The number of methoxy groups -OCH3 is 1.